The number of ether oxygens (including phenoxy) is 1. The molecule has 186 valence electrons. The number of amides is 1. The van der Waals surface area contributed by atoms with E-state index in [0.717, 1.165) is 0 Å². The van der Waals surface area contributed by atoms with E-state index in [4.69, 9.17) is 4.74 Å². The fraction of sp³-hybridized carbons (Fsp3) is 0.0833. The Hall–Kier alpha value is -2.87. The molecule has 4 nitrogen and oxygen atoms in total. The molecule has 0 unspecified atom stereocenters. The van der Waals surface area contributed by atoms with Gasteiger partial charge in [-0.05, 0) is 53.8 Å². The van der Waals surface area contributed by atoms with Gasteiger partial charge in [0.2, 0.25) is 5.82 Å². The van der Waals surface area contributed by atoms with Gasteiger partial charge in [0.25, 0.3) is 5.91 Å². The predicted octanol–water partition coefficient (Wildman–Crippen LogP) is 7.27. The van der Waals surface area contributed by atoms with Gasteiger partial charge in [0.05, 0.1) is 14.9 Å². The highest BCUT2D eigenvalue weighted by Crippen LogP contribution is 2.36. The molecule has 0 aromatic heterocycles. The summed E-state index contributed by atoms with van der Waals surface area (Å²) in [5.74, 6) is -12.5. The van der Waals surface area contributed by atoms with Crippen LogP contribution in [-0.4, -0.2) is 11.6 Å². The summed E-state index contributed by atoms with van der Waals surface area (Å²) in [5, 5.41) is 3.85. The molecule has 1 aliphatic heterocycles. The SMILES string of the molecule is CC1=NN(c2c(F)c(F)c(F)c(F)c2F)C(=O)/C1=C\c1cc(Br)cc(I)c1OCc1ccccc1F. The molecule has 0 N–H and O–H groups in total. The first-order valence-electron chi connectivity index (χ1n) is 9.99. The fourth-order valence-electron chi connectivity index (χ4n) is 3.38. The normalized spacial score (nSPS) is 14.6. The number of rotatable bonds is 5. The van der Waals surface area contributed by atoms with E-state index < -0.39 is 46.5 Å². The number of anilines is 1. The van der Waals surface area contributed by atoms with Crippen molar-refractivity contribution in [2.75, 3.05) is 5.01 Å². The second kappa shape index (κ2) is 10.2. The lowest BCUT2D eigenvalue weighted by atomic mass is 10.1. The molecule has 0 spiro atoms. The highest BCUT2D eigenvalue weighted by atomic mass is 127. The van der Waals surface area contributed by atoms with E-state index in [9.17, 15) is 31.1 Å². The van der Waals surface area contributed by atoms with Crippen molar-refractivity contribution in [1.82, 2.24) is 0 Å². The van der Waals surface area contributed by atoms with Crippen molar-refractivity contribution in [1.29, 1.82) is 0 Å². The first kappa shape index (κ1) is 26.2. The Balaban J connectivity index is 1.74. The minimum absolute atomic E-state index is 0.0426. The molecule has 0 bridgehead atoms. The highest BCUT2D eigenvalue weighted by molar-refractivity contribution is 14.1. The van der Waals surface area contributed by atoms with Crippen LogP contribution in [-0.2, 0) is 11.4 Å². The molecule has 12 heteroatoms. The number of hydrogen-bond acceptors (Lipinski definition) is 3. The van der Waals surface area contributed by atoms with Crippen molar-refractivity contribution >= 4 is 61.9 Å². The molecule has 0 radical (unpaired) electrons. The molecular weight excluding hydrogens is 669 g/mol. The lowest BCUT2D eigenvalue weighted by Crippen LogP contribution is -2.25. The standard InChI is InChI=1S/C24H12BrF6IN2O2/c1-10-14(24(35)34(33-10)22-20(30)18(28)17(27)19(29)21(22)31)7-12-6-13(25)8-16(32)23(12)36-9-11-4-2-3-5-15(11)26/h2-8H,9H2,1H3/b14-7-. The third-order valence-corrected chi connectivity index (χ3v) is 6.39. The maximum atomic E-state index is 14.3. The average Bonchev–Trinajstić information content (AvgIpc) is 3.10. The van der Waals surface area contributed by atoms with Crippen LogP contribution in [0.5, 0.6) is 5.75 Å². The van der Waals surface area contributed by atoms with Gasteiger partial charge in [0.15, 0.2) is 23.3 Å². The number of halogens is 8. The monoisotopic (exact) mass is 680 g/mol. The number of hydrazone groups is 1. The van der Waals surface area contributed by atoms with Gasteiger partial charge in [-0.3, -0.25) is 4.79 Å². The summed E-state index contributed by atoms with van der Waals surface area (Å²) in [6.07, 6.45) is 1.30. The summed E-state index contributed by atoms with van der Waals surface area (Å²) in [7, 11) is 0. The smallest absolute Gasteiger partial charge is 0.280 e. The summed E-state index contributed by atoms with van der Waals surface area (Å²) in [5.41, 5.74) is -1.11. The Labute approximate surface area is 222 Å². The minimum Gasteiger partial charge on any atom is -0.487 e. The van der Waals surface area contributed by atoms with E-state index in [-0.39, 0.29) is 34.2 Å². The second-order valence-electron chi connectivity index (χ2n) is 7.46. The summed E-state index contributed by atoms with van der Waals surface area (Å²) in [4.78, 5) is 13.0. The van der Waals surface area contributed by atoms with Gasteiger partial charge < -0.3 is 4.74 Å². The largest absolute Gasteiger partial charge is 0.487 e. The Morgan fingerprint density at radius 2 is 1.61 bits per heavy atom. The first-order valence-corrected chi connectivity index (χ1v) is 11.9. The third-order valence-electron chi connectivity index (χ3n) is 5.13. The molecule has 0 fully saturated rings. The Morgan fingerprint density at radius 1 is 1.00 bits per heavy atom. The van der Waals surface area contributed by atoms with Gasteiger partial charge in [-0.25, -0.2) is 26.3 Å². The van der Waals surface area contributed by atoms with Crippen LogP contribution in [0.3, 0.4) is 0 Å². The molecule has 0 atom stereocenters. The van der Waals surface area contributed by atoms with E-state index >= 15 is 0 Å². The molecule has 4 rings (SSSR count). The lowest BCUT2D eigenvalue weighted by molar-refractivity contribution is -0.114. The van der Waals surface area contributed by atoms with Crippen LogP contribution in [0.4, 0.5) is 32.0 Å². The number of carbonyl (C=O) groups excluding carboxylic acids is 1. The number of benzene rings is 3. The highest BCUT2D eigenvalue weighted by Gasteiger charge is 2.37. The zero-order valence-corrected chi connectivity index (χ0v) is 21.7. The van der Waals surface area contributed by atoms with Gasteiger partial charge in [-0.1, -0.05) is 34.1 Å². The van der Waals surface area contributed by atoms with Crippen LogP contribution in [0.15, 0.2) is 51.5 Å². The maximum absolute atomic E-state index is 14.3. The van der Waals surface area contributed by atoms with E-state index in [1.165, 1.54) is 25.1 Å². The Bertz CT molecular complexity index is 1450. The van der Waals surface area contributed by atoms with Crippen LogP contribution in [0.1, 0.15) is 18.1 Å². The molecule has 3 aromatic rings. The summed E-state index contributed by atoms with van der Waals surface area (Å²) < 4.78 is 90.5. The van der Waals surface area contributed by atoms with Crippen molar-refractivity contribution in [3.63, 3.8) is 0 Å². The third kappa shape index (κ3) is 4.75. The Morgan fingerprint density at radius 3 is 2.25 bits per heavy atom. The van der Waals surface area contributed by atoms with E-state index in [1.807, 2.05) is 22.6 Å². The second-order valence-corrected chi connectivity index (χ2v) is 9.54. The van der Waals surface area contributed by atoms with Crippen molar-refractivity contribution < 1.29 is 35.9 Å². The molecule has 36 heavy (non-hydrogen) atoms. The molecule has 1 heterocycles. The quantitative estimate of drug-likeness (QED) is 0.0936. The minimum atomic E-state index is -2.35. The summed E-state index contributed by atoms with van der Waals surface area (Å²) in [6, 6.07) is 9.27. The van der Waals surface area contributed by atoms with Gasteiger partial charge in [-0.15, -0.1) is 0 Å². The predicted molar refractivity (Wildman–Crippen MR) is 132 cm³/mol. The lowest BCUT2D eigenvalue weighted by Gasteiger charge is -2.15. The number of nitrogens with zero attached hydrogens (tertiary/aromatic N) is 2. The van der Waals surface area contributed by atoms with Gasteiger partial charge in [0.1, 0.15) is 23.9 Å². The van der Waals surface area contributed by atoms with Crippen LogP contribution >= 0.6 is 38.5 Å². The molecule has 1 aliphatic rings. The average molecular weight is 681 g/mol. The van der Waals surface area contributed by atoms with Crippen LogP contribution < -0.4 is 9.75 Å². The number of carbonyl (C=O) groups is 1. The molecule has 0 saturated carbocycles. The number of hydrogen-bond donors (Lipinski definition) is 0. The van der Waals surface area contributed by atoms with Crippen LogP contribution in [0.2, 0.25) is 0 Å². The van der Waals surface area contributed by atoms with E-state index in [1.54, 1.807) is 24.3 Å². The topological polar surface area (TPSA) is 41.9 Å². The van der Waals surface area contributed by atoms with E-state index in [2.05, 4.69) is 21.0 Å². The summed E-state index contributed by atoms with van der Waals surface area (Å²) >= 11 is 5.30. The fourth-order valence-corrected chi connectivity index (χ4v) is 5.08. The molecule has 3 aromatic carbocycles. The van der Waals surface area contributed by atoms with Crippen LogP contribution in [0.25, 0.3) is 6.08 Å². The van der Waals surface area contributed by atoms with Crippen LogP contribution in [0, 0.1) is 38.5 Å². The Kier molecular flexibility index (Phi) is 7.46. The van der Waals surface area contributed by atoms with E-state index in [0.29, 0.717) is 13.6 Å². The zero-order valence-electron chi connectivity index (χ0n) is 18.0. The molecule has 0 saturated heterocycles. The van der Waals surface area contributed by atoms with Gasteiger partial charge in [-0.2, -0.15) is 10.1 Å². The van der Waals surface area contributed by atoms with Crippen molar-refractivity contribution in [3.8, 4) is 5.75 Å². The zero-order chi connectivity index (χ0) is 26.3. The van der Waals surface area contributed by atoms with Gasteiger partial charge in [0, 0.05) is 15.6 Å². The van der Waals surface area contributed by atoms with Gasteiger partial charge >= 0.3 is 0 Å². The first-order chi connectivity index (χ1) is 17.0. The van der Waals surface area contributed by atoms with Crippen molar-refractivity contribution in [3.05, 3.63) is 96.0 Å². The summed E-state index contributed by atoms with van der Waals surface area (Å²) in [6.45, 7) is 1.19. The van der Waals surface area contributed by atoms with Crippen molar-refractivity contribution in [2.45, 2.75) is 13.5 Å². The maximum Gasteiger partial charge on any atom is 0.280 e. The molecular formula is C24H12BrF6IN2O2. The molecule has 1 amide bonds. The molecule has 0 aliphatic carbocycles. The van der Waals surface area contributed by atoms with Crippen molar-refractivity contribution in [2.24, 2.45) is 5.10 Å².